The Morgan fingerprint density at radius 3 is 0.882 bits per heavy atom. The van der Waals surface area contributed by atoms with E-state index in [0.717, 1.165) is 134 Å². The third-order valence-corrected chi connectivity index (χ3v) is 18.5. The molecule has 0 aromatic rings. The molecule has 0 fully saturated rings. The van der Waals surface area contributed by atoms with Crippen LogP contribution >= 0.6 is 15.6 Å². The molecule has 0 saturated carbocycles. The van der Waals surface area contributed by atoms with Crippen LogP contribution in [0.1, 0.15) is 356 Å². The van der Waals surface area contributed by atoms with Crippen molar-refractivity contribution in [3.8, 4) is 0 Å². The second kappa shape index (κ2) is 65.5. The maximum atomic E-state index is 13.1. The molecule has 0 heterocycles. The number of carbonyl (C=O) groups is 4. The molecular formula is C74H140O17P2. The number of unbranched alkanes of at least 4 members (excludes halogenated alkanes) is 38. The minimum Gasteiger partial charge on any atom is -0.462 e. The smallest absolute Gasteiger partial charge is 0.462 e. The van der Waals surface area contributed by atoms with Gasteiger partial charge in [-0.2, -0.15) is 0 Å². The molecule has 0 aliphatic carbocycles. The molecule has 0 aromatic carbocycles. The molecule has 0 aliphatic rings. The van der Waals surface area contributed by atoms with Gasteiger partial charge in [-0.1, -0.05) is 303 Å². The minimum atomic E-state index is -4.96. The Labute approximate surface area is 567 Å². The number of ether oxygens (including phenoxy) is 4. The van der Waals surface area contributed by atoms with Crippen molar-refractivity contribution in [3.63, 3.8) is 0 Å². The number of phosphoric ester groups is 2. The predicted octanol–water partition coefficient (Wildman–Crippen LogP) is 21.1. The van der Waals surface area contributed by atoms with E-state index in [4.69, 9.17) is 37.0 Å². The number of phosphoric acid groups is 2. The highest BCUT2D eigenvalue weighted by molar-refractivity contribution is 7.47. The van der Waals surface area contributed by atoms with E-state index in [1.54, 1.807) is 0 Å². The highest BCUT2D eigenvalue weighted by Crippen LogP contribution is 2.45. The fourth-order valence-corrected chi connectivity index (χ4v) is 12.3. The maximum absolute atomic E-state index is 13.1. The molecule has 3 N–H and O–H groups in total. The number of carbonyl (C=O) groups excluding carboxylic acids is 4. The van der Waals surface area contributed by atoms with Crippen molar-refractivity contribution in [3.05, 3.63) is 24.3 Å². The number of hydrogen-bond donors (Lipinski definition) is 3. The van der Waals surface area contributed by atoms with E-state index in [-0.39, 0.29) is 25.7 Å². The first kappa shape index (κ1) is 90.5. The van der Waals surface area contributed by atoms with Crippen LogP contribution < -0.4 is 0 Å². The SMILES string of the molecule is CCCCCC/C=C\C=C/CCCCCCCC(=O)OC[C@H](COP(=O)(O)OC[C@@H](O)COP(=O)(O)OC[C@@H](COC(=O)CCCCCCCCC)OC(=O)CCCCCCCCCCCCCC(C)C)OC(=O)CCCCCCCCCCCCCCCCC(C)C. The molecule has 93 heavy (non-hydrogen) atoms. The molecule has 0 amide bonds. The molecule has 0 aromatic heterocycles. The second-order valence-electron chi connectivity index (χ2n) is 27.0. The van der Waals surface area contributed by atoms with Gasteiger partial charge >= 0.3 is 39.5 Å². The van der Waals surface area contributed by atoms with Crippen molar-refractivity contribution in [2.75, 3.05) is 39.6 Å². The molecule has 0 radical (unpaired) electrons. The summed E-state index contributed by atoms with van der Waals surface area (Å²) in [5, 5.41) is 10.6. The van der Waals surface area contributed by atoms with Gasteiger partial charge in [0.2, 0.25) is 0 Å². The lowest BCUT2D eigenvalue weighted by atomic mass is 10.0. The summed E-state index contributed by atoms with van der Waals surface area (Å²) in [6, 6.07) is 0. The van der Waals surface area contributed by atoms with Gasteiger partial charge in [0.25, 0.3) is 0 Å². The van der Waals surface area contributed by atoms with E-state index in [1.807, 2.05) is 0 Å². The van der Waals surface area contributed by atoms with E-state index >= 15 is 0 Å². The van der Waals surface area contributed by atoms with Gasteiger partial charge < -0.3 is 33.8 Å². The Balaban J connectivity index is 5.24. The standard InChI is InChI=1S/C74H140O17P2/c1-7-9-11-13-15-16-17-18-19-23-28-33-39-45-51-57-72(77)85-63-70(91-73(78)58-52-46-40-34-29-24-21-20-22-26-31-37-42-48-54-66(3)4)65-89-93(82,83)87-61-68(75)60-86-92(80,81)88-64-69(62-84-71(76)56-50-44-36-14-12-10-8-2)90-74(79)59-53-47-41-35-30-25-27-32-38-43-49-55-67(5)6/h16-19,66-70,75H,7-15,20-65H2,1-6H3,(H,80,81)(H,82,83)/b17-16-,19-18-/t68-,69+,70+/m0/s1. The van der Waals surface area contributed by atoms with Crippen LogP contribution in [0.3, 0.4) is 0 Å². The lowest BCUT2D eigenvalue weighted by Crippen LogP contribution is -2.30. The van der Waals surface area contributed by atoms with Crippen LogP contribution in [0.15, 0.2) is 24.3 Å². The fraction of sp³-hybridized carbons (Fsp3) is 0.892. The summed E-state index contributed by atoms with van der Waals surface area (Å²) >= 11 is 0. The fourth-order valence-electron chi connectivity index (χ4n) is 10.8. The summed E-state index contributed by atoms with van der Waals surface area (Å²) in [5.74, 6) is -0.596. The first-order valence-corrected chi connectivity index (χ1v) is 40.8. The summed E-state index contributed by atoms with van der Waals surface area (Å²) < 4.78 is 68.3. The molecule has 2 unspecified atom stereocenters. The molecule has 0 spiro atoms. The zero-order valence-electron chi connectivity index (χ0n) is 60.0. The molecule has 5 atom stereocenters. The van der Waals surface area contributed by atoms with Crippen LogP contribution in [0, 0.1) is 11.8 Å². The molecule has 0 aliphatic heterocycles. The largest absolute Gasteiger partial charge is 0.472 e. The van der Waals surface area contributed by atoms with Gasteiger partial charge in [-0.15, -0.1) is 0 Å². The van der Waals surface area contributed by atoms with Crippen molar-refractivity contribution in [2.45, 2.75) is 374 Å². The summed E-state index contributed by atoms with van der Waals surface area (Å²) in [4.78, 5) is 72.6. The molecule has 0 bridgehead atoms. The molecular weight excluding hydrogens is 1220 g/mol. The van der Waals surface area contributed by atoms with Crippen LogP contribution in [0.5, 0.6) is 0 Å². The van der Waals surface area contributed by atoms with Gasteiger partial charge in [-0.25, -0.2) is 9.13 Å². The van der Waals surface area contributed by atoms with Crippen LogP contribution in [0.25, 0.3) is 0 Å². The molecule has 19 heteroatoms. The zero-order chi connectivity index (χ0) is 68.6. The number of aliphatic hydroxyl groups is 1. The average molecular weight is 1360 g/mol. The van der Waals surface area contributed by atoms with E-state index < -0.39 is 97.5 Å². The lowest BCUT2D eigenvalue weighted by Gasteiger charge is -2.21. The van der Waals surface area contributed by atoms with Gasteiger partial charge in [0, 0.05) is 25.7 Å². The van der Waals surface area contributed by atoms with Crippen molar-refractivity contribution < 1.29 is 80.2 Å². The number of rotatable bonds is 71. The first-order chi connectivity index (χ1) is 44.9. The molecule has 0 rings (SSSR count). The minimum absolute atomic E-state index is 0.100. The van der Waals surface area contributed by atoms with Gasteiger partial charge in [-0.05, 0) is 63.2 Å². The maximum Gasteiger partial charge on any atom is 0.472 e. The first-order valence-electron chi connectivity index (χ1n) is 37.8. The summed E-state index contributed by atoms with van der Waals surface area (Å²) in [5.41, 5.74) is 0. The van der Waals surface area contributed by atoms with Crippen LogP contribution in [0.2, 0.25) is 0 Å². The second-order valence-corrected chi connectivity index (χ2v) is 29.9. The van der Waals surface area contributed by atoms with E-state index in [1.165, 1.54) is 141 Å². The predicted molar refractivity (Wildman–Crippen MR) is 377 cm³/mol. The summed E-state index contributed by atoms with van der Waals surface area (Å²) in [7, 11) is -9.91. The van der Waals surface area contributed by atoms with Crippen molar-refractivity contribution >= 4 is 39.5 Å². The van der Waals surface area contributed by atoms with Crippen molar-refractivity contribution in [1.29, 1.82) is 0 Å². The monoisotopic (exact) mass is 1360 g/mol. The van der Waals surface area contributed by atoms with Gasteiger partial charge in [0.15, 0.2) is 12.2 Å². The Morgan fingerprint density at radius 1 is 0.333 bits per heavy atom. The van der Waals surface area contributed by atoms with Gasteiger partial charge in [-0.3, -0.25) is 37.3 Å². The molecule has 17 nitrogen and oxygen atoms in total. The number of aliphatic hydroxyl groups excluding tert-OH is 1. The Kier molecular flexibility index (Phi) is 63.7. The van der Waals surface area contributed by atoms with Crippen molar-refractivity contribution in [1.82, 2.24) is 0 Å². The van der Waals surface area contributed by atoms with E-state index in [0.29, 0.717) is 25.7 Å². The van der Waals surface area contributed by atoms with Crippen LogP contribution in [-0.2, 0) is 65.4 Å². The quantitative estimate of drug-likeness (QED) is 0.0169. The third-order valence-electron chi connectivity index (χ3n) is 16.6. The van der Waals surface area contributed by atoms with E-state index in [9.17, 15) is 43.2 Å². The zero-order valence-corrected chi connectivity index (χ0v) is 61.8. The number of allylic oxidation sites excluding steroid dienone is 4. The number of esters is 4. The normalized spacial score (nSPS) is 14.2. The summed E-state index contributed by atoms with van der Waals surface area (Å²) in [6.45, 7) is 9.49. The van der Waals surface area contributed by atoms with E-state index in [2.05, 4.69) is 65.8 Å². The van der Waals surface area contributed by atoms with Crippen molar-refractivity contribution in [2.24, 2.45) is 11.8 Å². The molecule has 0 saturated heterocycles. The topological polar surface area (TPSA) is 237 Å². The van der Waals surface area contributed by atoms with Gasteiger partial charge in [0.1, 0.15) is 19.3 Å². The highest BCUT2D eigenvalue weighted by atomic mass is 31.2. The average Bonchev–Trinajstić information content (AvgIpc) is 3.03. The number of hydrogen-bond acceptors (Lipinski definition) is 15. The van der Waals surface area contributed by atoms with Crippen LogP contribution in [-0.4, -0.2) is 96.7 Å². The van der Waals surface area contributed by atoms with Crippen LogP contribution in [0.4, 0.5) is 0 Å². The summed E-state index contributed by atoms with van der Waals surface area (Å²) in [6.07, 6.45) is 55.0. The third kappa shape index (κ3) is 67.9. The Morgan fingerprint density at radius 2 is 0.581 bits per heavy atom. The lowest BCUT2D eigenvalue weighted by molar-refractivity contribution is -0.161. The van der Waals surface area contributed by atoms with Gasteiger partial charge in [0.05, 0.1) is 26.4 Å². The Bertz CT molecular complexity index is 1900. The molecule has 548 valence electrons. The Hall–Kier alpha value is -2.46. The highest BCUT2D eigenvalue weighted by Gasteiger charge is 2.30.